The monoisotopic (exact) mass is 382 g/mol. The minimum atomic E-state index is -4.81. The number of alkyl halides is 3. The lowest BCUT2D eigenvalue weighted by Crippen LogP contribution is -2.43. The molecule has 0 atom stereocenters. The Hall–Kier alpha value is -3.23. The van der Waals surface area contributed by atoms with Crippen LogP contribution in [-0.4, -0.2) is 24.8 Å². The summed E-state index contributed by atoms with van der Waals surface area (Å²) in [5.41, 5.74) is 5.46. The van der Waals surface area contributed by atoms with Gasteiger partial charge in [0.15, 0.2) is 6.61 Å². The van der Waals surface area contributed by atoms with Crippen molar-refractivity contribution in [2.24, 2.45) is 0 Å². The molecule has 0 spiro atoms. The summed E-state index contributed by atoms with van der Waals surface area (Å²) in [7, 11) is 0. The summed E-state index contributed by atoms with van der Waals surface area (Å²) in [6.07, 6.45) is -3.93. The number of aryl methyl sites for hydroxylation is 1. The summed E-state index contributed by atoms with van der Waals surface area (Å²) in [5.74, 6) is -1.24. The molecule has 0 aliphatic carbocycles. The van der Waals surface area contributed by atoms with E-state index in [1.165, 1.54) is 0 Å². The Morgan fingerprint density at radius 2 is 1.52 bits per heavy atom. The number of amides is 2. The standard InChI is InChI=1S/C18H17F3N2O4/c1-2-12-3-7-14(8-4-12)26-11-16(24)22-23-17(25)13-5-9-15(10-6-13)27-18(19,20)21/h3-10H,2,11H2,1H3,(H,22,24)(H,23,25). The van der Waals surface area contributed by atoms with Crippen LogP contribution in [0.25, 0.3) is 0 Å². The molecule has 2 aromatic rings. The summed E-state index contributed by atoms with van der Waals surface area (Å²) in [4.78, 5) is 23.6. The number of halogens is 3. The van der Waals surface area contributed by atoms with Gasteiger partial charge in [0.25, 0.3) is 11.8 Å². The Labute approximate surface area is 153 Å². The fraction of sp³-hybridized carbons (Fsp3) is 0.222. The number of ether oxygens (including phenoxy) is 2. The molecule has 2 aromatic carbocycles. The predicted octanol–water partition coefficient (Wildman–Crippen LogP) is 2.99. The molecule has 0 saturated heterocycles. The molecule has 144 valence electrons. The molecular formula is C18H17F3N2O4. The van der Waals surface area contributed by atoms with E-state index in [0.29, 0.717) is 5.75 Å². The number of nitrogens with one attached hydrogen (secondary N) is 2. The first-order valence-corrected chi connectivity index (χ1v) is 7.93. The van der Waals surface area contributed by atoms with Crippen molar-refractivity contribution in [2.75, 3.05) is 6.61 Å². The minimum Gasteiger partial charge on any atom is -0.484 e. The van der Waals surface area contributed by atoms with Crippen molar-refractivity contribution in [1.82, 2.24) is 10.9 Å². The van der Waals surface area contributed by atoms with Crippen LogP contribution in [0.1, 0.15) is 22.8 Å². The molecule has 0 aliphatic rings. The first-order chi connectivity index (χ1) is 12.8. The first-order valence-electron chi connectivity index (χ1n) is 7.93. The van der Waals surface area contributed by atoms with Gasteiger partial charge in [-0.2, -0.15) is 0 Å². The molecule has 2 amide bonds. The maximum absolute atomic E-state index is 12.1. The van der Waals surface area contributed by atoms with Crippen LogP contribution in [0.5, 0.6) is 11.5 Å². The van der Waals surface area contributed by atoms with Crippen molar-refractivity contribution in [3.8, 4) is 11.5 Å². The van der Waals surface area contributed by atoms with Gasteiger partial charge in [0.05, 0.1) is 0 Å². The second-order valence-electron chi connectivity index (χ2n) is 5.36. The van der Waals surface area contributed by atoms with Crippen LogP contribution in [0, 0.1) is 0 Å². The number of hydrogen-bond acceptors (Lipinski definition) is 4. The highest BCUT2D eigenvalue weighted by Gasteiger charge is 2.31. The zero-order valence-electron chi connectivity index (χ0n) is 14.3. The molecule has 2 rings (SSSR count). The van der Waals surface area contributed by atoms with Gasteiger partial charge in [-0.3, -0.25) is 20.4 Å². The highest BCUT2D eigenvalue weighted by atomic mass is 19.4. The normalized spacial score (nSPS) is 10.8. The van der Waals surface area contributed by atoms with E-state index >= 15 is 0 Å². The molecule has 0 bridgehead atoms. The van der Waals surface area contributed by atoms with Crippen molar-refractivity contribution in [2.45, 2.75) is 19.7 Å². The molecule has 0 radical (unpaired) electrons. The van der Waals surface area contributed by atoms with Crippen LogP contribution in [0.2, 0.25) is 0 Å². The van der Waals surface area contributed by atoms with Gasteiger partial charge in [-0.15, -0.1) is 13.2 Å². The Bertz CT molecular complexity index is 775. The molecule has 0 fully saturated rings. The van der Waals surface area contributed by atoms with Crippen molar-refractivity contribution in [3.63, 3.8) is 0 Å². The summed E-state index contributed by atoms with van der Waals surface area (Å²) >= 11 is 0. The summed E-state index contributed by atoms with van der Waals surface area (Å²) in [5, 5.41) is 0. The van der Waals surface area contributed by atoms with Crippen molar-refractivity contribution in [3.05, 3.63) is 59.7 Å². The molecule has 2 N–H and O–H groups in total. The van der Waals surface area contributed by atoms with Gasteiger partial charge in [-0.25, -0.2) is 0 Å². The molecule has 9 heteroatoms. The fourth-order valence-corrected chi connectivity index (χ4v) is 2.01. The van der Waals surface area contributed by atoms with Gasteiger partial charge in [-0.05, 0) is 48.4 Å². The zero-order chi connectivity index (χ0) is 19.9. The van der Waals surface area contributed by atoms with E-state index in [0.717, 1.165) is 36.2 Å². The molecule has 6 nitrogen and oxygen atoms in total. The van der Waals surface area contributed by atoms with E-state index < -0.39 is 23.9 Å². The highest BCUT2D eigenvalue weighted by molar-refractivity contribution is 5.95. The van der Waals surface area contributed by atoms with Crippen LogP contribution in [0.4, 0.5) is 13.2 Å². The van der Waals surface area contributed by atoms with Crippen LogP contribution in [0.3, 0.4) is 0 Å². The molecule has 0 saturated carbocycles. The van der Waals surface area contributed by atoms with Crippen LogP contribution < -0.4 is 20.3 Å². The molecule has 0 aromatic heterocycles. The number of rotatable bonds is 6. The first kappa shape index (κ1) is 20.1. The summed E-state index contributed by atoms with van der Waals surface area (Å²) < 4.78 is 45.2. The van der Waals surface area contributed by atoms with Gasteiger partial charge >= 0.3 is 6.36 Å². The number of benzene rings is 2. The third-order valence-electron chi connectivity index (χ3n) is 3.37. The average Bonchev–Trinajstić information content (AvgIpc) is 2.64. The van der Waals surface area contributed by atoms with Crippen molar-refractivity contribution >= 4 is 11.8 Å². The lowest BCUT2D eigenvalue weighted by atomic mass is 10.2. The summed E-state index contributed by atoms with van der Waals surface area (Å²) in [6.45, 7) is 1.70. The van der Waals surface area contributed by atoms with E-state index in [1.807, 2.05) is 19.1 Å². The molecular weight excluding hydrogens is 365 g/mol. The van der Waals surface area contributed by atoms with Crippen molar-refractivity contribution < 1.29 is 32.2 Å². The van der Waals surface area contributed by atoms with E-state index in [-0.39, 0.29) is 12.2 Å². The van der Waals surface area contributed by atoms with Crippen molar-refractivity contribution in [1.29, 1.82) is 0 Å². The van der Waals surface area contributed by atoms with Gasteiger partial charge in [0.2, 0.25) is 0 Å². The van der Waals surface area contributed by atoms with Gasteiger partial charge < -0.3 is 9.47 Å². The van der Waals surface area contributed by atoms with Gasteiger partial charge in [0.1, 0.15) is 11.5 Å². The maximum atomic E-state index is 12.1. The lowest BCUT2D eigenvalue weighted by molar-refractivity contribution is -0.274. The molecule has 27 heavy (non-hydrogen) atoms. The van der Waals surface area contributed by atoms with E-state index in [4.69, 9.17) is 4.74 Å². The molecule has 0 heterocycles. The SMILES string of the molecule is CCc1ccc(OCC(=O)NNC(=O)c2ccc(OC(F)(F)F)cc2)cc1. The molecule has 0 aliphatic heterocycles. The van der Waals surface area contributed by atoms with E-state index in [1.54, 1.807) is 12.1 Å². The van der Waals surface area contributed by atoms with Crippen LogP contribution in [-0.2, 0) is 11.2 Å². The third kappa shape index (κ3) is 6.89. The highest BCUT2D eigenvalue weighted by Crippen LogP contribution is 2.22. The Kier molecular flexibility index (Phi) is 6.64. The Morgan fingerprint density at radius 3 is 2.07 bits per heavy atom. The average molecular weight is 382 g/mol. The largest absolute Gasteiger partial charge is 0.573 e. The number of hydrogen-bond donors (Lipinski definition) is 2. The second kappa shape index (κ2) is 8.93. The molecule has 0 unspecified atom stereocenters. The zero-order valence-corrected chi connectivity index (χ0v) is 14.3. The lowest BCUT2D eigenvalue weighted by Gasteiger charge is -2.10. The fourth-order valence-electron chi connectivity index (χ4n) is 2.01. The predicted molar refractivity (Wildman–Crippen MR) is 90.0 cm³/mol. The van der Waals surface area contributed by atoms with E-state index in [2.05, 4.69) is 15.6 Å². The second-order valence-corrected chi connectivity index (χ2v) is 5.36. The van der Waals surface area contributed by atoms with Gasteiger partial charge in [-0.1, -0.05) is 19.1 Å². The Morgan fingerprint density at radius 1 is 0.926 bits per heavy atom. The van der Waals surface area contributed by atoms with Crippen LogP contribution >= 0.6 is 0 Å². The Balaban J connectivity index is 1.77. The third-order valence-corrected chi connectivity index (χ3v) is 3.37. The quantitative estimate of drug-likeness (QED) is 0.753. The smallest absolute Gasteiger partial charge is 0.484 e. The number of carbonyl (C=O) groups excluding carboxylic acids is 2. The van der Waals surface area contributed by atoms with E-state index in [9.17, 15) is 22.8 Å². The number of carbonyl (C=O) groups is 2. The minimum absolute atomic E-state index is 0.0425. The maximum Gasteiger partial charge on any atom is 0.573 e. The number of hydrazine groups is 1. The summed E-state index contributed by atoms with van der Waals surface area (Å²) in [6, 6.07) is 11.5. The topological polar surface area (TPSA) is 76.7 Å². The van der Waals surface area contributed by atoms with Gasteiger partial charge in [0, 0.05) is 5.56 Å². The van der Waals surface area contributed by atoms with Crippen LogP contribution in [0.15, 0.2) is 48.5 Å².